The lowest BCUT2D eigenvalue weighted by atomic mass is 10.1. The van der Waals surface area contributed by atoms with Crippen molar-refractivity contribution in [3.8, 4) is 0 Å². The Morgan fingerprint density at radius 3 is 2.48 bits per heavy atom. The van der Waals surface area contributed by atoms with Crippen LogP contribution in [0, 0.1) is 20.8 Å². The minimum atomic E-state index is 0.600. The number of aromatic nitrogens is 2. The quantitative estimate of drug-likeness (QED) is 0.644. The zero-order valence-electron chi connectivity index (χ0n) is 14.6. The predicted molar refractivity (Wildman–Crippen MR) is 105 cm³/mol. The standard InChI is InChI=1S/C20H21ClN4/c1-13-5-4-6-18(15(13)3)24-19-11-14(2)23-20(25-19)22-12-16-7-9-17(21)10-8-16/h4-11H,12H2,1-3H3,(H2,22,23,24,25). The zero-order chi connectivity index (χ0) is 17.8. The van der Waals surface area contributed by atoms with Gasteiger partial charge in [0.15, 0.2) is 0 Å². The molecule has 0 bridgehead atoms. The molecule has 2 aromatic carbocycles. The van der Waals surface area contributed by atoms with Crippen molar-refractivity contribution in [1.29, 1.82) is 0 Å². The van der Waals surface area contributed by atoms with Crippen LogP contribution in [0.1, 0.15) is 22.4 Å². The molecule has 0 fully saturated rings. The van der Waals surface area contributed by atoms with Gasteiger partial charge in [0.1, 0.15) is 5.82 Å². The van der Waals surface area contributed by atoms with Crippen molar-refractivity contribution >= 4 is 29.1 Å². The van der Waals surface area contributed by atoms with Gasteiger partial charge in [-0.25, -0.2) is 4.98 Å². The maximum absolute atomic E-state index is 5.92. The molecule has 1 heterocycles. The van der Waals surface area contributed by atoms with Crippen molar-refractivity contribution in [3.63, 3.8) is 0 Å². The van der Waals surface area contributed by atoms with Gasteiger partial charge in [-0.3, -0.25) is 0 Å². The van der Waals surface area contributed by atoms with Gasteiger partial charge in [-0.05, 0) is 55.7 Å². The molecule has 4 nitrogen and oxygen atoms in total. The Kier molecular flexibility index (Phi) is 5.19. The van der Waals surface area contributed by atoms with Crippen LogP contribution in [0.15, 0.2) is 48.5 Å². The highest BCUT2D eigenvalue weighted by atomic mass is 35.5. The van der Waals surface area contributed by atoms with E-state index < -0.39 is 0 Å². The molecule has 3 aromatic rings. The van der Waals surface area contributed by atoms with Crippen LogP contribution in [0.2, 0.25) is 5.02 Å². The maximum atomic E-state index is 5.92. The number of halogens is 1. The fraction of sp³-hybridized carbons (Fsp3) is 0.200. The summed E-state index contributed by atoms with van der Waals surface area (Å²) in [7, 11) is 0. The second-order valence-electron chi connectivity index (χ2n) is 6.07. The van der Waals surface area contributed by atoms with Gasteiger partial charge in [0, 0.05) is 29.0 Å². The van der Waals surface area contributed by atoms with E-state index in [1.54, 1.807) is 0 Å². The Morgan fingerprint density at radius 1 is 0.960 bits per heavy atom. The molecule has 2 N–H and O–H groups in total. The summed E-state index contributed by atoms with van der Waals surface area (Å²) in [5.74, 6) is 1.38. The van der Waals surface area contributed by atoms with Crippen molar-refractivity contribution in [2.24, 2.45) is 0 Å². The molecule has 0 radical (unpaired) electrons. The molecular formula is C20H21ClN4. The summed E-state index contributed by atoms with van der Waals surface area (Å²) in [5.41, 5.74) is 5.55. The van der Waals surface area contributed by atoms with Gasteiger partial charge in [0.05, 0.1) is 0 Å². The van der Waals surface area contributed by atoms with Crippen LogP contribution in [0.25, 0.3) is 0 Å². The molecule has 128 valence electrons. The number of hydrogen-bond donors (Lipinski definition) is 2. The average Bonchev–Trinajstić information content (AvgIpc) is 2.58. The molecular weight excluding hydrogens is 332 g/mol. The lowest BCUT2D eigenvalue weighted by molar-refractivity contribution is 1.03. The van der Waals surface area contributed by atoms with Gasteiger partial charge in [-0.1, -0.05) is 35.9 Å². The Hall–Kier alpha value is -2.59. The van der Waals surface area contributed by atoms with E-state index in [-0.39, 0.29) is 0 Å². The molecule has 0 unspecified atom stereocenters. The first-order valence-corrected chi connectivity index (χ1v) is 8.56. The molecule has 1 aromatic heterocycles. The van der Waals surface area contributed by atoms with Crippen molar-refractivity contribution < 1.29 is 0 Å². The van der Waals surface area contributed by atoms with Crippen LogP contribution < -0.4 is 10.6 Å². The fourth-order valence-electron chi connectivity index (χ4n) is 2.52. The molecule has 0 aliphatic carbocycles. The first kappa shape index (κ1) is 17.2. The van der Waals surface area contributed by atoms with Crippen LogP contribution in [-0.2, 0) is 6.54 Å². The fourth-order valence-corrected chi connectivity index (χ4v) is 2.65. The van der Waals surface area contributed by atoms with Crippen LogP contribution in [-0.4, -0.2) is 9.97 Å². The SMILES string of the molecule is Cc1cc(Nc2cccc(C)c2C)nc(NCc2ccc(Cl)cc2)n1. The molecule has 0 aliphatic heterocycles. The normalized spacial score (nSPS) is 10.6. The number of nitrogens with one attached hydrogen (secondary N) is 2. The lowest BCUT2D eigenvalue weighted by Crippen LogP contribution is -2.06. The largest absolute Gasteiger partial charge is 0.350 e. The molecule has 25 heavy (non-hydrogen) atoms. The van der Waals surface area contributed by atoms with Crippen molar-refractivity contribution in [2.45, 2.75) is 27.3 Å². The minimum absolute atomic E-state index is 0.600. The summed E-state index contributed by atoms with van der Waals surface area (Å²) in [6, 6.07) is 15.9. The highest BCUT2D eigenvalue weighted by Gasteiger charge is 2.06. The first-order chi connectivity index (χ1) is 12.0. The predicted octanol–water partition coefficient (Wildman–Crippen LogP) is 5.41. The summed E-state index contributed by atoms with van der Waals surface area (Å²) in [4.78, 5) is 9.03. The average molecular weight is 353 g/mol. The van der Waals surface area contributed by atoms with E-state index in [2.05, 4.69) is 46.6 Å². The van der Waals surface area contributed by atoms with E-state index in [1.165, 1.54) is 11.1 Å². The van der Waals surface area contributed by atoms with Gasteiger partial charge >= 0.3 is 0 Å². The topological polar surface area (TPSA) is 49.8 Å². The molecule has 3 rings (SSSR count). The van der Waals surface area contributed by atoms with Crippen molar-refractivity contribution in [1.82, 2.24) is 9.97 Å². The van der Waals surface area contributed by atoms with E-state index in [1.807, 2.05) is 43.3 Å². The minimum Gasteiger partial charge on any atom is -0.350 e. The van der Waals surface area contributed by atoms with Crippen LogP contribution in [0.5, 0.6) is 0 Å². The van der Waals surface area contributed by atoms with E-state index in [0.717, 1.165) is 27.8 Å². The smallest absolute Gasteiger partial charge is 0.225 e. The number of benzene rings is 2. The third kappa shape index (κ3) is 4.48. The third-order valence-electron chi connectivity index (χ3n) is 4.09. The second-order valence-corrected chi connectivity index (χ2v) is 6.51. The number of hydrogen-bond acceptors (Lipinski definition) is 4. The van der Waals surface area contributed by atoms with Gasteiger partial charge in [0.2, 0.25) is 5.95 Å². The van der Waals surface area contributed by atoms with Crippen molar-refractivity contribution in [2.75, 3.05) is 10.6 Å². The summed E-state index contributed by atoms with van der Waals surface area (Å²) in [6.45, 7) is 6.81. The van der Waals surface area contributed by atoms with E-state index in [4.69, 9.17) is 11.6 Å². The number of anilines is 3. The van der Waals surface area contributed by atoms with Crippen molar-refractivity contribution in [3.05, 3.63) is 75.9 Å². The third-order valence-corrected chi connectivity index (χ3v) is 4.34. The Morgan fingerprint density at radius 2 is 1.72 bits per heavy atom. The number of rotatable bonds is 5. The Bertz CT molecular complexity index is 875. The highest BCUT2D eigenvalue weighted by Crippen LogP contribution is 2.22. The number of nitrogens with zero attached hydrogens (tertiary/aromatic N) is 2. The zero-order valence-corrected chi connectivity index (χ0v) is 15.4. The maximum Gasteiger partial charge on any atom is 0.225 e. The number of aryl methyl sites for hydroxylation is 2. The van der Waals surface area contributed by atoms with E-state index in [9.17, 15) is 0 Å². The first-order valence-electron chi connectivity index (χ1n) is 8.18. The second kappa shape index (κ2) is 7.53. The van der Waals surface area contributed by atoms with Crippen LogP contribution >= 0.6 is 11.6 Å². The molecule has 0 aliphatic rings. The summed E-state index contributed by atoms with van der Waals surface area (Å²) < 4.78 is 0. The van der Waals surface area contributed by atoms with Gasteiger partial charge in [-0.15, -0.1) is 0 Å². The highest BCUT2D eigenvalue weighted by molar-refractivity contribution is 6.30. The van der Waals surface area contributed by atoms with Crippen LogP contribution in [0.3, 0.4) is 0 Å². The Labute approximate surface area is 153 Å². The Balaban J connectivity index is 1.76. The summed E-state index contributed by atoms with van der Waals surface area (Å²) in [5, 5.41) is 7.39. The molecule has 5 heteroatoms. The lowest BCUT2D eigenvalue weighted by Gasteiger charge is -2.13. The molecule has 0 spiro atoms. The van der Waals surface area contributed by atoms with Gasteiger partial charge < -0.3 is 10.6 Å². The summed E-state index contributed by atoms with van der Waals surface area (Å²) in [6.07, 6.45) is 0. The molecule has 0 saturated carbocycles. The monoisotopic (exact) mass is 352 g/mol. The molecule has 0 atom stereocenters. The van der Waals surface area contributed by atoms with Gasteiger partial charge in [-0.2, -0.15) is 4.98 Å². The summed E-state index contributed by atoms with van der Waals surface area (Å²) >= 11 is 5.92. The van der Waals surface area contributed by atoms with Gasteiger partial charge in [0.25, 0.3) is 0 Å². The van der Waals surface area contributed by atoms with E-state index in [0.29, 0.717) is 12.5 Å². The van der Waals surface area contributed by atoms with E-state index >= 15 is 0 Å². The molecule has 0 saturated heterocycles. The van der Waals surface area contributed by atoms with Crippen LogP contribution in [0.4, 0.5) is 17.5 Å². The molecule has 0 amide bonds.